The van der Waals surface area contributed by atoms with Gasteiger partial charge in [-0.3, -0.25) is 0 Å². The van der Waals surface area contributed by atoms with Gasteiger partial charge in [-0.15, -0.1) is 0 Å². The van der Waals surface area contributed by atoms with Gasteiger partial charge < -0.3 is 15.0 Å². The van der Waals surface area contributed by atoms with E-state index in [2.05, 4.69) is 15.3 Å². The van der Waals surface area contributed by atoms with E-state index in [9.17, 15) is 8.78 Å². The average Bonchev–Trinajstić information content (AvgIpc) is 2.87. The zero-order chi connectivity index (χ0) is 14.5. The fourth-order valence-corrected chi connectivity index (χ4v) is 1.82. The van der Waals surface area contributed by atoms with Crippen LogP contribution in [0.2, 0.25) is 0 Å². The summed E-state index contributed by atoms with van der Waals surface area (Å²) in [4.78, 5) is 7.11. The number of nitrogens with zero attached hydrogens (tertiary/aromatic N) is 1. The zero-order valence-electron chi connectivity index (χ0n) is 11.5. The Morgan fingerprint density at radius 2 is 2.10 bits per heavy atom. The van der Waals surface area contributed by atoms with E-state index >= 15 is 0 Å². The zero-order valence-corrected chi connectivity index (χ0v) is 11.5. The highest BCUT2D eigenvalue weighted by Gasteiger charge is 2.11. The van der Waals surface area contributed by atoms with E-state index in [0.717, 1.165) is 0 Å². The first kappa shape index (κ1) is 14.6. The second-order valence-corrected chi connectivity index (χ2v) is 4.49. The van der Waals surface area contributed by atoms with E-state index in [-0.39, 0.29) is 11.1 Å². The quantitative estimate of drug-likeness (QED) is 0.799. The van der Waals surface area contributed by atoms with E-state index in [1.165, 1.54) is 25.3 Å². The minimum atomic E-state index is -0.466. The molecule has 0 amide bonds. The number of methoxy groups -OCH3 is 1. The molecule has 20 heavy (non-hydrogen) atoms. The molecule has 0 aliphatic rings. The van der Waals surface area contributed by atoms with Crippen LogP contribution in [0.3, 0.4) is 0 Å². The summed E-state index contributed by atoms with van der Waals surface area (Å²) in [5, 5.41) is 3.12. The molecular weight excluding hydrogens is 264 g/mol. The highest BCUT2D eigenvalue weighted by Crippen LogP contribution is 2.23. The number of imidazole rings is 1. The molecule has 0 aliphatic carbocycles. The summed E-state index contributed by atoms with van der Waals surface area (Å²) in [5.41, 5.74) is 0.931. The van der Waals surface area contributed by atoms with Crippen LogP contribution in [0.25, 0.3) is 11.3 Å². The molecule has 108 valence electrons. The van der Waals surface area contributed by atoms with Crippen LogP contribution in [0.15, 0.2) is 18.3 Å². The molecule has 0 aliphatic heterocycles. The van der Waals surface area contributed by atoms with Crippen LogP contribution < -0.4 is 5.32 Å². The maximum atomic E-state index is 13.8. The van der Waals surface area contributed by atoms with Crippen molar-refractivity contribution in [3.63, 3.8) is 0 Å². The molecule has 0 unspecified atom stereocenters. The van der Waals surface area contributed by atoms with E-state index in [1.54, 1.807) is 7.11 Å². The van der Waals surface area contributed by atoms with Crippen molar-refractivity contribution in [3.05, 3.63) is 41.4 Å². The second kappa shape index (κ2) is 6.58. The number of hydrogen-bond donors (Lipinski definition) is 2. The van der Waals surface area contributed by atoms with Gasteiger partial charge in [0.25, 0.3) is 0 Å². The number of benzene rings is 1. The van der Waals surface area contributed by atoms with Crippen LogP contribution >= 0.6 is 0 Å². The van der Waals surface area contributed by atoms with Crippen LogP contribution in [0.5, 0.6) is 0 Å². The molecule has 0 saturated heterocycles. The van der Waals surface area contributed by atoms with Crippen LogP contribution in [0, 0.1) is 18.6 Å². The van der Waals surface area contributed by atoms with Gasteiger partial charge in [0.1, 0.15) is 17.5 Å². The topological polar surface area (TPSA) is 49.9 Å². The van der Waals surface area contributed by atoms with E-state index in [4.69, 9.17) is 4.74 Å². The largest absolute Gasteiger partial charge is 0.383 e. The number of ether oxygens (including phenoxy) is 1. The lowest BCUT2D eigenvalue weighted by molar-refractivity contribution is 0.199. The lowest BCUT2D eigenvalue weighted by Crippen LogP contribution is -2.19. The number of H-pyrrole nitrogens is 1. The first-order valence-electron chi connectivity index (χ1n) is 6.31. The van der Waals surface area contributed by atoms with Crippen LogP contribution in [-0.2, 0) is 11.3 Å². The molecule has 0 atom stereocenters. The summed E-state index contributed by atoms with van der Waals surface area (Å²) in [6.07, 6.45) is 1.50. The van der Waals surface area contributed by atoms with Crippen molar-refractivity contribution in [2.75, 3.05) is 20.3 Å². The lowest BCUT2D eigenvalue weighted by atomic mass is 10.1. The van der Waals surface area contributed by atoms with Crippen molar-refractivity contribution in [2.24, 2.45) is 0 Å². The Balaban J connectivity index is 2.10. The second-order valence-electron chi connectivity index (χ2n) is 4.49. The van der Waals surface area contributed by atoms with Gasteiger partial charge in [-0.2, -0.15) is 0 Å². The van der Waals surface area contributed by atoms with Gasteiger partial charge in [0.15, 0.2) is 0 Å². The maximum Gasteiger partial charge on any atom is 0.133 e. The van der Waals surface area contributed by atoms with Crippen molar-refractivity contribution in [1.82, 2.24) is 15.3 Å². The highest BCUT2D eigenvalue weighted by molar-refractivity contribution is 5.60. The highest BCUT2D eigenvalue weighted by atomic mass is 19.1. The summed E-state index contributed by atoms with van der Waals surface area (Å²) in [5.74, 6) is -0.237. The summed E-state index contributed by atoms with van der Waals surface area (Å²) in [6.45, 7) is 3.34. The number of hydrogen-bond acceptors (Lipinski definition) is 3. The summed E-state index contributed by atoms with van der Waals surface area (Å²) in [7, 11) is 1.63. The molecule has 0 fully saturated rings. The molecule has 2 aromatic rings. The third-order valence-electron chi connectivity index (χ3n) is 2.94. The summed E-state index contributed by atoms with van der Waals surface area (Å²) >= 11 is 0. The smallest absolute Gasteiger partial charge is 0.133 e. The SMILES string of the molecule is COCCNCc1ncc(-c2cc(F)c(C)cc2F)[nH]1. The molecule has 1 aromatic carbocycles. The predicted octanol–water partition coefficient (Wildman–Crippen LogP) is 2.40. The molecule has 0 spiro atoms. The summed E-state index contributed by atoms with van der Waals surface area (Å²) in [6, 6.07) is 2.36. The molecule has 4 nitrogen and oxygen atoms in total. The normalized spacial score (nSPS) is 11.0. The first-order chi connectivity index (χ1) is 9.61. The predicted molar refractivity (Wildman–Crippen MR) is 72.3 cm³/mol. The standard InChI is InChI=1S/C14H17F2N3O/c1-9-5-12(16)10(6-11(9)15)13-7-18-14(19-13)8-17-3-4-20-2/h5-7,17H,3-4,8H2,1-2H3,(H,18,19). The Labute approximate surface area is 116 Å². The Morgan fingerprint density at radius 1 is 1.30 bits per heavy atom. The molecule has 2 rings (SSSR count). The third-order valence-corrected chi connectivity index (χ3v) is 2.94. The molecular formula is C14H17F2N3O. The van der Waals surface area contributed by atoms with Gasteiger partial charge in [-0.05, 0) is 24.6 Å². The van der Waals surface area contributed by atoms with Crippen molar-refractivity contribution < 1.29 is 13.5 Å². The Bertz CT molecular complexity index is 584. The Morgan fingerprint density at radius 3 is 2.85 bits per heavy atom. The van der Waals surface area contributed by atoms with Gasteiger partial charge in [0.05, 0.1) is 25.0 Å². The molecule has 2 N–H and O–H groups in total. The van der Waals surface area contributed by atoms with Crippen molar-refractivity contribution in [2.45, 2.75) is 13.5 Å². The van der Waals surface area contributed by atoms with Crippen LogP contribution in [0.1, 0.15) is 11.4 Å². The fourth-order valence-electron chi connectivity index (χ4n) is 1.82. The van der Waals surface area contributed by atoms with Crippen molar-refractivity contribution >= 4 is 0 Å². The van der Waals surface area contributed by atoms with Gasteiger partial charge in [-0.1, -0.05) is 0 Å². The van der Waals surface area contributed by atoms with Gasteiger partial charge in [-0.25, -0.2) is 13.8 Å². The number of aromatic nitrogens is 2. The Hall–Kier alpha value is -1.79. The van der Waals surface area contributed by atoms with Crippen molar-refractivity contribution in [1.29, 1.82) is 0 Å². The molecule has 0 radical (unpaired) electrons. The fraction of sp³-hybridized carbons (Fsp3) is 0.357. The molecule has 0 saturated carbocycles. The van der Waals surface area contributed by atoms with Gasteiger partial charge >= 0.3 is 0 Å². The van der Waals surface area contributed by atoms with E-state index < -0.39 is 11.6 Å². The average molecular weight is 281 g/mol. The molecule has 1 aromatic heterocycles. The van der Waals surface area contributed by atoms with Crippen LogP contribution in [0.4, 0.5) is 8.78 Å². The van der Waals surface area contributed by atoms with Gasteiger partial charge in [0, 0.05) is 19.2 Å². The minimum Gasteiger partial charge on any atom is -0.383 e. The minimum absolute atomic E-state index is 0.184. The number of halogens is 2. The van der Waals surface area contributed by atoms with E-state index in [0.29, 0.717) is 31.2 Å². The van der Waals surface area contributed by atoms with Crippen LogP contribution in [-0.4, -0.2) is 30.2 Å². The Kier molecular flexibility index (Phi) is 4.81. The number of aryl methyl sites for hydroxylation is 1. The molecule has 0 bridgehead atoms. The first-order valence-corrected chi connectivity index (χ1v) is 6.31. The number of aromatic amines is 1. The maximum absolute atomic E-state index is 13.8. The lowest BCUT2D eigenvalue weighted by Gasteiger charge is -2.04. The van der Waals surface area contributed by atoms with Crippen molar-refractivity contribution in [3.8, 4) is 11.3 Å². The summed E-state index contributed by atoms with van der Waals surface area (Å²) < 4.78 is 32.3. The monoisotopic (exact) mass is 281 g/mol. The molecule has 1 heterocycles. The number of nitrogens with one attached hydrogen (secondary N) is 2. The molecule has 6 heteroatoms. The van der Waals surface area contributed by atoms with E-state index in [1.807, 2.05) is 0 Å². The third kappa shape index (κ3) is 3.40. The number of rotatable bonds is 6. The van der Waals surface area contributed by atoms with Gasteiger partial charge in [0.2, 0.25) is 0 Å².